The molecule has 10 aromatic carbocycles. The third kappa shape index (κ3) is 6.51. The van der Waals surface area contributed by atoms with Gasteiger partial charge in [0.25, 0.3) is 0 Å². The average Bonchev–Trinajstić information content (AvgIpc) is 3.94. The van der Waals surface area contributed by atoms with Crippen molar-refractivity contribution in [3.05, 3.63) is 249 Å². The van der Waals surface area contributed by atoms with Gasteiger partial charge in [0, 0.05) is 43.8 Å². The number of benzene rings is 10. The van der Waals surface area contributed by atoms with Crippen LogP contribution < -0.4 is 0 Å². The van der Waals surface area contributed by atoms with E-state index in [-0.39, 0.29) is 0 Å². The molecular formula is C63H41N5. The molecule has 0 aliphatic heterocycles. The molecule has 68 heavy (non-hydrogen) atoms. The minimum atomic E-state index is 0.544. The molecule has 3 aromatic heterocycles. The number of rotatable bonds is 8. The molecule has 0 aliphatic rings. The molecule has 0 bridgehead atoms. The molecule has 0 saturated carbocycles. The van der Waals surface area contributed by atoms with E-state index in [0.29, 0.717) is 17.6 Å². The van der Waals surface area contributed by atoms with Crippen LogP contribution in [-0.2, 0) is 0 Å². The van der Waals surface area contributed by atoms with Gasteiger partial charge >= 0.3 is 0 Å². The Morgan fingerprint density at radius 2 is 0.588 bits per heavy atom. The van der Waals surface area contributed by atoms with E-state index in [9.17, 15) is 0 Å². The van der Waals surface area contributed by atoms with Crippen molar-refractivity contribution >= 4 is 43.6 Å². The number of aromatic nitrogens is 5. The second-order valence-corrected chi connectivity index (χ2v) is 17.1. The van der Waals surface area contributed by atoms with Gasteiger partial charge in [-0.15, -0.1) is 0 Å². The van der Waals surface area contributed by atoms with Crippen molar-refractivity contribution in [1.29, 1.82) is 0 Å². The van der Waals surface area contributed by atoms with Gasteiger partial charge in [0.15, 0.2) is 11.6 Å². The van der Waals surface area contributed by atoms with Gasteiger partial charge in [-0.2, -0.15) is 9.97 Å². The second kappa shape index (κ2) is 16.4. The molecule has 5 nitrogen and oxygen atoms in total. The molecule has 13 rings (SSSR count). The van der Waals surface area contributed by atoms with E-state index < -0.39 is 0 Å². The Morgan fingerprint density at radius 1 is 0.235 bits per heavy atom. The van der Waals surface area contributed by atoms with Crippen molar-refractivity contribution < 1.29 is 0 Å². The van der Waals surface area contributed by atoms with Gasteiger partial charge in [0.1, 0.15) is 0 Å². The lowest BCUT2D eigenvalue weighted by Crippen LogP contribution is -2.07. The molecule has 318 valence electrons. The Morgan fingerprint density at radius 3 is 1.10 bits per heavy atom. The highest BCUT2D eigenvalue weighted by molar-refractivity contribution is 6.24. The predicted octanol–water partition coefficient (Wildman–Crippen LogP) is 16.1. The van der Waals surface area contributed by atoms with Gasteiger partial charge in [0.2, 0.25) is 5.95 Å². The molecule has 0 radical (unpaired) electrons. The van der Waals surface area contributed by atoms with E-state index in [1.807, 2.05) is 18.2 Å². The molecule has 0 N–H and O–H groups in total. The maximum absolute atomic E-state index is 5.46. The molecular weight excluding hydrogens is 827 g/mol. The zero-order chi connectivity index (χ0) is 45.0. The van der Waals surface area contributed by atoms with Crippen molar-refractivity contribution in [2.24, 2.45) is 0 Å². The van der Waals surface area contributed by atoms with E-state index in [1.54, 1.807) is 0 Å². The summed E-state index contributed by atoms with van der Waals surface area (Å²) in [5.41, 5.74) is 16.3. The van der Waals surface area contributed by atoms with Gasteiger partial charge < -0.3 is 4.57 Å². The summed E-state index contributed by atoms with van der Waals surface area (Å²) in [7, 11) is 0. The normalized spacial score (nSPS) is 11.5. The Bertz CT molecular complexity index is 3930. The van der Waals surface area contributed by atoms with Crippen LogP contribution in [0.4, 0.5) is 0 Å². The first-order chi connectivity index (χ1) is 33.8. The van der Waals surface area contributed by atoms with Gasteiger partial charge in [0.05, 0.1) is 27.8 Å². The van der Waals surface area contributed by atoms with Crippen LogP contribution in [0, 0.1) is 0 Å². The van der Waals surface area contributed by atoms with Gasteiger partial charge in [-0.25, -0.2) is 4.98 Å². The van der Waals surface area contributed by atoms with Gasteiger partial charge in [-0.05, 0) is 45.5 Å². The van der Waals surface area contributed by atoms with Crippen LogP contribution in [0.15, 0.2) is 249 Å². The lowest BCUT2D eigenvalue weighted by molar-refractivity contribution is 0.953. The zero-order valence-corrected chi connectivity index (χ0v) is 36.9. The number of para-hydroxylation sites is 3. The van der Waals surface area contributed by atoms with Crippen molar-refractivity contribution in [2.75, 3.05) is 0 Å². The van der Waals surface area contributed by atoms with Crippen molar-refractivity contribution in [3.63, 3.8) is 0 Å². The van der Waals surface area contributed by atoms with E-state index in [2.05, 4.69) is 240 Å². The summed E-state index contributed by atoms with van der Waals surface area (Å²) in [6, 6.07) is 88.2. The zero-order valence-electron chi connectivity index (χ0n) is 36.9. The Balaban J connectivity index is 1.11. The van der Waals surface area contributed by atoms with Crippen molar-refractivity contribution in [1.82, 2.24) is 24.1 Å². The lowest BCUT2D eigenvalue weighted by Gasteiger charge is -2.20. The van der Waals surface area contributed by atoms with Crippen LogP contribution in [0.3, 0.4) is 0 Å². The van der Waals surface area contributed by atoms with E-state index in [4.69, 9.17) is 15.0 Å². The fourth-order valence-corrected chi connectivity index (χ4v) is 10.1. The van der Waals surface area contributed by atoms with E-state index in [0.717, 1.165) is 82.9 Å². The SMILES string of the molecule is c1ccc(-c2nc(-c3ccc(-c4ccccc4-c4ccccc4)cc3)nc(-n3c4ccccc4c4ccc5c6ccccc6n(-c6c(-c7ccccc7)cccc6-c6ccccc6)c5c43)n2)cc1. The summed E-state index contributed by atoms with van der Waals surface area (Å²) in [4.78, 5) is 16.1. The molecule has 0 atom stereocenters. The first-order valence-electron chi connectivity index (χ1n) is 23.0. The fraction of sp³-hybridized carbons (Fsp3) is 0. The first kappa shape index (κ1) is 39.2. The van der Waals surface area contributed by atoms with E-state index >= 15 is 0 Å². The molecule has 0 aliphatic carbocycles. The fourth-order valence-electron chi connectivity index (χ4n) is 10.1. The third-order valence-corrected chi connectivity index (χ3v) is 13.2. The van der Waals surface area contributed by atoms with Crippen LogP contribution in [-0.4, -0.2) is 24.1 Å². The van der Waals surface area contributed by atoms with E-state index in [1.165, 1.54) is 22.1 Å². The summed E-state index contributed by atoms with van der Waals surface area (Å²) in [6.07, 6.45) is 0. The lowest BCUT2D eigenvalue weighted by atomic mass is 9.94. The summed E-state index contributed by atoms with van der Waals surface area (Å²) in [6.45, 7) is 0. The Kier molecular flexibility index (Phi) is 9.43. The largest absolute Gasteiger partial charge is 0.306 e. The predicted molar refractivity (Wildman–Crippen MR) is 281 cm³/mol. The number of nitrogens with zero attached hydrogens (tertiary/aromatic N) is 5. The minimum absolute atomic E-state index is 0.544. The monoisotopic (exact) mass is 867 g/mol. The van der Waals surface area contributed by atoms with Gasteiger partial charge in [-0.3, -0.25) is 4.57 Å². The molecule has 5 heteroatoms. The standard InChI is InChI=1S/C63H41N5/c1-5-20-42(21-6-1)48-28-13-14-29-49(48)45-36-38-47(39-37-45)62-64-61(46-26-11-4-12-27-46)65-63(66-62)68-57-35-18-16-31-53(57)55-41-40-54-52-30-15-17-34-56(52)67(59(54)60(55)68)58-50(43-22-7-2-8-23-43)32-19-33-51(58)44-24-9-3-10-25-44/h1-41H. The Hall–Kier alpha value is -9.19. The highest BCUT2D eigenvalue weighted by Gasteiger charge is 2.26. The Labute approximate surface area is 393 Å². The molecule has 0 saturated heterocycles. The van der Waals surface area contributed by atoms with Crippen LogP contribution in [0.1, 0.15) is 0 Å². The number of fused-ring (bicyclic) bond motifs is 7. The summed E-state index contributed by atoms with van der Waals surface area (Å²) in [5, 5.41) is 4.53. The summed E-state index contributed by atoms with van der Waals surface area (Å²) >= 11 is 0. The van der Waals surface area contributed by atoms with Gasteiger partial charge in [-0.1, -0.05) is 237 Å². The maximum Gasteiger partial charge on any atom is 0.238 e. The summed E-state index contributed by atoms with van der Waals surface area (Å²) < 4.78 is 4.77. The number of hydrogen-bond donors (Lipinski definition) is 0. The first-order valence-corrected chi connectivity index (χ1v) is 23.0. The molecule has 0 unspecified atom stereocenters. The summed E-state index contributed by atoms with van der Waals surface area (Å²) in [5.74, 6) is 1.74. The highest BCUT2D eigenvalue weighted by atomic mass is 15.2. The van der Waals surface area contributed by atoms with Crippen LogP contribution >= 0.6 is 0 Å². The molecule has 3 heterocycles. The maximum atomic E-state index is 5.46. The van der Waals surface area contributed by atoms with Crippen LogP contribution in [0.2, 0.25) is 0 Å². The van der Waals surface area contributed by atoms with Crippen molar-refractivity contribution in [2.45, 2.75) is 0 Å². The quantitative estimate of drug-likeness (QED) is 0.153. The highest BCUT2D eigenvalue weighted by Crippen LogP contribution is 2.45. The van der Waals surface area contributed by atoms with Crippen LogP contribution in [0.5, 0.6) is 0 Å². The molecule has 13 aromatic rings. The third-order valence-electron chi connectivity index (χ3n) is 13.2. The minimum Gasteiger partial charge on any atom is -0.306 e. The average molecular weight is 868 g/mol. The molecule has 0 spiro atoms. The molecule has 0 fully saturated rings. The van der Waals surface area contributed by atoms with Crippen LogP contribution in [0.25, 0.3) is 123 Å². The molecule has 0 amide bonds. The number of hydrogen-bond acceptors (Lipinski definition) is 3. The topological polar surface area (TPSA) is 48.5 Å². The van der Waals surface area contributed by atoms with Crippen molar-refractivity contribution in [3.8, 4) is 78.9 Å². The second-order valence-electron chi connectivity index (χ2n) is 17.1. The smallest absolute Gasteiger partial charge is 0.238 e.